The van der Waals surface area contributed by atoms with E-state index in [4.69, 9.17) is 9.26 Å². The van der Waals surface area contributed by atoms with Crippen LogP contribution in [0.15, 0.2) is 29.0 Å². The number of aryl methyl sites for hydroxylation is 1. The van der Waals surface area contributed by atoms with Crippen molar-refractivity contribution < 1.29 is 14.1 Å². The molecule has 2 aromatic rings. The molecule has 0 fully saturated rings. The van der Waals surface area contributed by atoms with Crippen molar-refractivity contribution in [3.8, 4) is 5.88 Å². The summed E-state index contributed by atoms with van der Waals surface area (Å²) >= 11 is 0. The summed E-state index contributed by atoms with van der Waals surface area (Å²) in [7, 11) is 0. The number of nitrogens with one attached hydrogen (secondary N) is 1. The normalized spacial score (nSPS) is 10.2. The highest BCUT2D eigenvalue weighted by molar-refractivity contribution is 5.96. The van der Waals surface area contributed by atoms with Crippen molar-refractivity contribution in [2.24, 2.45) is 0 Å². The third-order valence-corrected chi connectivity index (χ3v) is 2.59. The Balaban J connectivity index is 2.06. The van der Waals surface area contributed by atoms with Crippen molar-refractivity contribution >= 4 is 5.91 Å². The van der Waals surface area contributed by atoms with Crippen molar-refractivity contribution in [1.29, 1.82) is 0 Å². The number of hydrogen-bond donors (Lipinski definition) is 1. The van der Waals surface area contributed by atoms with Gasteiger partial charge in [-0.1, -0.05) is 5.16 Å². The number of pyridine rings is 1. The average Bonchev–Trinajstić information content (AvgIpc) is 2.82. The Morgan fingerprint density at radius 3 is 3.05 bits per heavy atom. The molecule has 0 saturated carbocycles. The largest absolute Gasteiger partial charge is 0.477 e. The third kappa shape index (κ3) is 3.09. The molecule has 0 spiro atoms. The average molecular weight is 261 g/mol. The van der Waals surface area contributed by atoms with Crippen LogP contribution < -0.4 is 10.1 Å². The minimum Gasteiger partial charge on any atom is -0.477 e. The first-order chi connectivity index (χ1) is 9.22. The summed E-state index contributed by atoms with van der Waals surface area (Å²) in [5.41, 5.74) is 1.26. The molecule has 0 aliphatic carbocycles. The fraction of sp³-hybridized carbons (Fsp3) is 0.308. The lowest BCUT2D eigenvalue weighted by Crippen LogP contribution is -2.23. The molecule has 6 nitrogen and oxygen atoms in total. The number of ether oxygens (including phenoxy) is 1. The molecule has 1 amide bonds. The van der Waals surface area contributed by atoms with Crippen LogP contribution in [0.25, 0.3) is 0 Å². The van der Waals surface area contributed by atoms with E-state index in [0.717, 1.165) is 5.56 Å². The highest BCUT2D eigenvalue weighted by Gasteiger charge is 2.13. The Morgan fingerprint density at radius 2 is 2.37 bits per heavy atom. The van der Waals surface area contributed by atoms with Gasteiger partial charge in [0.1, 0.15) is 11.3 Å². The van der Waals surface area contributed by atoms with Crippen molar-refractivity contribution in [1.82, 2.24) is 15.5 Å². The van der Waals surface area contributed by atoms with Gasteiger partial charge in [0.25, 0.3) is 5.91 Å². The Bertz CT molecular complexity index is 566. The Hall–Kier alpha value is -2.37. The molecule has 0 unspecified atom stereocenters. The van der Waals surface area contributed by atoms with Crippen LogP contribution in [0.4, 0.5) is 0 Å². The summed E-state index contributed by atoms with van der Waals surface area (Å²) in [5.74, 6) is 0.790. The Labute approximate surface area is 110 Å². The van der Waals surface area contributed by atoms with Crippen LogP contribution in [0.3, 0.4) is 0 Å². The van der Waals surface area contributed by atoms with E-state index in [0.29, 0.717) is 30.4 Å². The predicted octanol–water partition coefficient (Wildman–Crippen LogP) is 1.71. The summed E-state index contributed by atoms with van der Waals surface area (Å²) in [6, 6.07) is 3.37. The lowest BCUT2D eigenvalue weighted by atomic mass is 10.2. The second-order valence-electron chi connectivity index (χ2n) is 3.88. The molecule has 2 aromatic heterocycles. The van der Waals surface area contributed by atoms with Crippen LogP contribution in [0, 0.1) is 6.92 Å². The molecule has 0 saturated heterocycles. The summed E-state index contributed by atoms with van der Waals surface area (Å²) in [6.45, 7) is 4.46. The quantitative estimate of drug-likeness (QED) is 0.886. The molecular formula is C13H15N3O3. The standard InChI is InChI=1S/C13H15N3O3/c1-3-18-13-11(5-4-6-14-13)12(17)15-7-10-8-16-19-9(10)2/h4-6,8H,3,7H2,1-2H3,(H,15,17). The van der Waals surface area contributed by atoms with Crippen LogP contribution in [-0.2, 0) is 6.54 Å². The number of carbonyl (C=O) groups is 1. The maximum atomic E-state index is 12.1. The smallest absolute Gasteiger partial charge is 0.257 e. The monoisotopic (exact) mass is 261 g/mol. The Morgan fingerprint density at radius 1 is 1.53 bits per heavy atom. The van der Waals surface area contributed by atoms with Gasteiger partial charge < -0.3 is 14.6 Å². The highest BCUT2D eigenvalue weighted by Crippen LogP contribution is 2.14. The zero-order valence-electron chi connectivity index (χ0n) is 10.8. The van der Waals surface area contributed by atoms with Crippen LogP contribution in [-0.4, -0.2) is 22.7 Å². The minimum atomic E-state index is -0.239. The van der Waals surface area contributed by atoms with Crippen molar-refractivity contribution in [2.75, 3.05) is 6.61 Å². The molecule has 0 aliphatic rings. The van der Waals surface area contributed by atoms with E-state index >= 15 is 0 Å². The SMILES string of the molecule is CCOc1ncccc1C(=O)NCc1cnoc1C. The lowest BCUT2D eigenvalue weighted by molar-refractivity contribution is 0.0946. The molecule has 0 atom stereocenters. The van der Waals surface area contributed by atoms with Gasteiger partial charge in [0, 0.05) is 18.3 Å². The maximum absolute atomic E-state index is 12.1. The van der Waals surface area contributed by atoms with Crippen molar-refractivity contribution in [3.05, 3.63) is 41.4 Å². The molecule has 0 aromatic carbocycles. The topological polar surface area (TPSA) is 77.2 Å². The maximum Gasteiger partial charge on any atom is 0.257 e. The van der Waals surface area contributed by atoms with Crippen LogP contribution in [0.2, 0.25) is 0 Å². The zero-order chi connectivity index (χ0) is 13.7. The van der Waals surface area contributed by atoms with E-state index < -0.39 is 0 Å². The zero-order valence-corrected chi connectivity index (χ0v) is 10.8. The molecule has 2 rings (SSSR count). The number of carbonyl (C=O) groups excluding carboxylic acids is 1. The number of nitrogens with zero attached hydrogens (tertiary/aromatic N) is 2. The molecule has 0 aliphatic heterocycles. The first-order valence-electron chi connectivity index (χ1n) is 5.98. The first kappa shape index (κ1) is 13.1. The van der Waals surface area contributed by atoms with Gasteiger partial charge in [0.05, 0.1) is 12.8 Å². The second kappa shape index (κ2) is 5.99. The minimum absolute atomic E-state index is 0.239. The fourth-order valence-corrected chi connectivity index (χ4v) is 1.57. The van der Waals surface area contributed by atoms with Crippen LogP contribution in [0.5, 0.6) is 5.88 Å². The molecular weight excluding hydrogens is 246 g/mol. The summed E-state index contributed by atoms with van der Waals surface area (Å²) in [6.07, 6.45) is 3.17. The van der Waals surface area contributed by atoms with Crippen molar-refractivity contribution in [3.63, 3.8) is 0 Å². The molecule has 19 heavy (non-hydrogen) atoms. The van der Waals surface area contributed by atoms with Gasteiger partial charge in [-0.3, -0.25) is 4.79 Å². The Kier molecular flexibility index (Phi) is 4.12. The number of rotatable bonds is 5. The van der Waals surface area contributed by atoms with E-state index in [2.05, 4.69) is 15.5 Å². The van der Waals surface area contributed by atoms with Gasteiger partial charge in [0.2, 0.25) is 5.88 Å². The van der Waals surface area contributed by atoms with Gasteiger partial charge in [-0.2, -0.15) is 0 Å². The van der Waals surface area contributed by atoms with Crippen molar-refractivity contribution in [2.45, 2.75) is 20.4 Å². The number of hydrogen-bond acceptors (Lipinski definition) is 5. The first-order valence-corrected chi connectivity index (χ1v) is 5.98. The lowest BCUT2D eigenvalue weighted by Gasteiger charge is -2.08. The van der Waals surface area contributed by atoms with E-state index in [1.54, 1.807) is 31.5 Å². The summed E-state index contributed by atoms with van der Waals surface area (Å²) in [5, 5.41) is 6.44. The van der Waals surface area contributed by atoms with E-state index in [9.17, 15) is 4.79 Å². The summed E-state index contributed by atoms with van der Waals surface area (Å²) < 4.78 is 10.2. The van der Waals surface area contributed by atoms with Crippen LogP contribution >= 0.6 is 0 Å². The predicted molar refractivity (Wildman–Crippen MR) is 67.8 cm³/mol. The van der Waals surface area contributed by atoms with Gasteiger partial charge in [0.15, 0.2) is 0 Å². The second-order valence-corrected chi connectivity index (χ2v) is 3.88. The molecule has 2 heterocycles. The number of amides is 1. The third-order valence-electron chi connectivity index (χ3n) is 2.59. The van der Waals surface area contributed by atoms with Gasteiger partial charge in [-0.25, -0.2) is 4.98 Å². The summed E-state index contributed by atoms with van der Waals surface area (Å²) in [4.78, 5) is 16.1. The molecule has 0 bridgehead atoms. The van der Waals surface area contributed by atoms with Crippen LogP contribution in [0.1, 0.15) is 28.6 Å². The van der Waals surface area contributed by atoms with Gasteiger partial charge in [-0.05, 0) is 26.0 Å². The molecule has 100 valence electrons. The van der Waals surface area contributed by atoms with E-state index in [1.807, 2.05) is 6.92 Å². The fourth-order valence-electron chi connectivity index (χ4n) is 1.57. The molecule has 0 radical (unpaired) electrons. The highest BCUT2D eigenvalue weighted by atomic mass is 16.5. The molecule has 6 heteroatoms. The van der Waals surface area contributed by atoms with Gasteiger partial charge >= 0.3 is 0 Å². The van der Waals surface area contributed by atoms with E-state index in [1.165, 1.54) is 0 Å². The number of aromatic nitrogens is 2. The van der Waals surface area contributed by atoms with E-state index in [-0.39, 0.29) is 5.91 Å². The molecule has 1 N–H and O–H groups in total. The van der Waals surface area contributed by atoms with Gasteiger partial charge in [-0.15, -0.1) is 0 Å².